The van der Waals surface area contributed by atoms with E-state index in [1.54, 1.807) is 0 Å². The van der Waals surface area contributed by atoms with Gasteiger partial charge >= 0.3 is 0 Å². The van der Waals surface area contributed by atoms with Crippen molar-refractivity contribution in [1.82, 2.24) is 15.0 Å². The van der Waals surface area contributed by atoms with Crippen molar-refractivity contribution < 1.29 is 4.39 Å². The second-order valence-electron chi connectivity index (χ2n) is 19.2. The van der Waals surface area contributed by atoms with Crippen LogP contribution >= 0.6 is 0 Å². The first-order chi connectivity index (χ1) is 32.8. The van der Waals surface area contributed by atoms with Gasteiger partial charge in [-0.1, -0.05) is 191 Å². The standard InChI is InChI=1S/C63H50FN3/c1-5-40-34-45-31-30-44(35-47(45)36-48(40)38-64)46-32-33-52-51(37-46)58-50(20-15-25-57(58)63(52)55-23-13-11-21-53(55)62(3,4)54-22-12-14-24-56(54)63)61-66-59(65-60(67-61)49-19-10-9-16-39(49)2)43-28-26-42(27-29-43)41-17-7-6-8-18-41/h5-24,26-39,49,57H,25H2,1-4H3/b40-5-,48-38-. The summed E-state index contributed by atoms with van der Waals surface area (Å²) in [6, 6.07) is 55.1. The van der Waals surface area contributed by atoms with Gasteiger partial charge < -0.3 is 0 Å². The molecule has 3 nitrogen and oxygen atoms in total. The van der Waals surface area contributed by atoms with Crippen molar-refractivity contribution in [1.29, 1.82) is 0 Å². The van der Waals surface area contributed by atoms with Crippen LogP contribution in [0.3, 0.4) is 0 Å². The van der Waals surface area contributed by atoms with Gasteiger partial charge in [0.2, 0.25) is 0 Å². The largest absolute Gasteiger partial charge is 0.215 e. The Kier molecular flexibility index (Phi) is 9.65. The molecule has 3 atom stereocenters. The van der Waals surface area contributed by atoms with Gasteiger partial charge in [-0.25, -0.2) is 19.3 Å². The molecule has 1 aromatic heterocycles. The van der Waals surface area contributed by atoms with E-state index >= 15 is 0 Å². The minimum absolute atomic E-state index is 0.00842. The van der Waals surface area contributed by atoms with Gasteiger partial charge in [0, 0.05) is 33.6 Å². The first-order valence-electron chi connectivity index (χ1n) is 23.6. The van der Waals surface area contributed by atoms with Crippen molar-refractivity contribution in [2.75, 3.05) is 0 Å². The molecule has 0 bridgehead atoms. The Labute approximate surface area is 391 Å². The number of nitrogens with zero attached hydrogens (tertiary/aromatic N) is 3. The number of benzene rings is 7. The lowest BCUT2D eigenvalue weighted by atomic mass is 9.53. The quantitative estimate of drug-likeness (QED) is 0.173. The van der Waals surface area contributed by atoms with Crippen LogP contribution in [-0.4, -0.2) is 15.0 Å². The fourth-order valence-electron chi connectivity index (χ4n) is 11.9. The van der Waals surface area contributed by atoms with E-state index in [0.717, 1.165) is 56.1 Å². The van der Waals surface area contributed by atoms with Crippen LogP contribution in [0.4, 0.5) is 4.39 Å². The number of hydrogen-bond donors (Lipinski definition) is 0. The van der Waals surface area contributed by atoms with Gasteiger partial charge in [-0.05, 0) is 121 Å². The van der Waals surface area contributed by atoms with Crippen molar-refractivity contribution in [3.05, 3.63) is 244 Å². The van der Waals surface area contributed by atoms with Gasteiger partial charge in [0.05, 0.1) is 11.7 Å². The summed E-state index contributed by atoms with van der Waals surface area (Å²) >= 11 is 0. The summed E-state index contributed by atoms with van der Waals surface area (Å²) in [5, 5.41) is 3.56. The predicted octanol–water partition coefficient (Wildman–Crippen LogP) is 13.9. The Morgan fingerprint density at radius 3 is 1.90 bits per heavy atom. The molecule has 0 saturated heterocycles. The molecule has 1 spiro atoms. The number of aromatic nitrogens is 3. The average molecular weight is 868 g/mol. The Bertz CT molecular complexity index is 3520. The van der Waals surface area contributed by atoms with Gasteiger partial charge in [0.1, 0.15) is 5.82 Å². The third-order valence-corrected chi connectivity index (χ3v) is 15.3. The van der Waals surface area contributed by atoms with Crippen LogP contribution in [0.1, 0.15) is 85.1 Å². The lowest BCUT2D eigenvalue weighted by Crippen LogP contribution is -2.44. The fourth-order valence-corrected chi connectivity index (χ4v) is 11.9. The SMILES string of the molecule is C/C=c1/cc2ccc(-c3ccc4c(c3)C3=C(c5nc(-c6ccc(-c7ccccc7)cc6)nc(C6C=CC=CC6C)n5)C=CCC3C43c4ccccc4C(C)(C)c4ccccc43)cc2c/c1=C/F. The topological polar surface area (TPSA) is 38.7 Å². The van der Waals surface area contributed by atoms with Gasteiger partial charge in [-0.3, -0.25) is 0 Å². The zero-order chi connectivity index (χ0) is 45.4. The van der Waals surface area contributed by atoms with Crippen LogP contribution in [0.15, 0.2) is 188 Å². The number of allylic oxidation sites excluding steroid dienone is 8. The van der Waals surface area contributed by atoms with E-state index < -0.39 is 5.41 Å². The molecule has 1 heterocycles. The van der Waals surface area contributed by atoms with Crippen LogP contribution in [0.25, 0.3) is 68.0 Å². The predicted molar refractivity (Wildman–Crippen MR) is 274 cm³/mol. The summed E-state index contributed by atoms with van der Waals surface area (Å²) in [4.78, 5) is 16.2. The molecule has 0 saturated carbocycles. The Hall–Kier alpha value is -7.56. The molecule has 12 rings (SSSR count). The minimum Gasteiger partial charge on any atom is -0.215 e. The normalized spacial score (nSPS) is 20.0. The van der Waals surface area contributed by atoms with Gasteiger partial charge in [-0.2, -0.15) is 0 Å². The Morgan fingerprint density at radius 2 is 1.18 bits per heavy atom. The van der Waals surface area contributed by atoms with Crippen molar-refractivity contribution in [3.8, 4) is 33.6 Å². The summed E-state index contributed by atoms with van der Waals surface area (Å²) in [5.41, 5.74) is 15.0. The fraction of sp³-hybridized carbons (Fsp3) is 0.159. The van der Waals surface area contributed by atoms with Crippen molar-refractivity contribution in [2.45, 2.75) is 50.9 Å². The highest BCUT2D eigenvalue weighted by molar-refractivity contribution is 6.02. The number of halogens is 1. The molecule has 0 aliphatic heterocycles. The molecule has 0 N–H and O–H groups in total. The summed E-state index contributed by atoms with van der Waals surface area (Å²) < 4.78 is 14.2. The molecule has 4 heteroatoms. The maximum Gasteiger partial charge on any atom is 0.164 e. The van der Waals surface area contributed by atoms with E-state index in [9.17, 15) is 4.39 Å². The molecule has 0 fully saturated rings. The maximum atomic E-state index is 14.2. The molecule has 324 valence electrons. The number of rotatable bonds is 5. The van der Waals surface area contributed by atoms with Crippen LogP contribution in [0.5, 0.6) is 0 Å². The third-order valence-electron chi connectivity index (χ3n) is 15.3. The van der Waals surface area contributed by atoms with Gasteiger partial charge in [-0.15, -0.1) is 0 Å². The number of hydrogen-bond acceptors (Lipinski definition) is 3. The molecule has 7 aromatic carbocycles. The summed E-state index contributed by atoms with van der Waals surface area (Å²) in [6.07, 6.45) is 16.9. The zero-order valence-corrected chi connectivity index (χ0v) is 38.2. The van der Waals surface area contributed by atoms with E-state index in [0.29, 0.717) is 23.2 Å². The molecular formula is C63H50FN3. The third kappa shape index (κ3) is 6.33. The minimum atomic E-state index is -0.485. The molecule has 0 amide bonds. The average Bonchev–Trinajstić information content (AvgIpc) is 3.68. The first kappa shape index (κ1) is 40.9. The van der Waals surface area contributed by atoms with Crippen molar-refractivity contribution >= 4 is 34.3 Å². The molecule has 8 aromatic rings. The van der Waals surface area contributed by atoms with E-state index in [2.05, 4.69) is 197 Å². The summed E-state index contributed by atoms with van der Waals surface area (Å²) in [7, 11) is 0. The van der Waals surface area contributed by atoms with E-state index in [1.165, 1.54) is 44.5 Å². The van der Waals surface area contributed by atoms with E-state index in [-0.39, 0.29) is 23.2 Å². The summed E-state index contributed by atoms with van der Waals surface area (Å²) in [5.74, 6) is 2.37. The highest BCUT2D eigenvalue weighted by Gasteiger charge is 2.58. The first-order valence-corrected chi connectivity index (χ1v) is 23.6. The molecular weight excluding hydrogens is 818 g/mol. The second-order valence-corrected chi connectivity index (χ2v) is 19.2. The van der Waals surface area contributed by atoms with E-state index in [1.807, 2.05) is 25.1 Å². The molecule has 4 aliphatic rings. The summed E-state index contributed by atoms with van der Waals surface area (Å²) in [6.45, 7) is 8.95. The zero-order valence-electron chi connectivity index (χ0n) is 38.2. The van der Waals surface area contributed by atoms with Crippen LogP contribution in [0.2, 0.25) is 0 Å². The van der Waals surface area contributed by atoms with Crippen molar-refractivity contribution in [3.63, 3.8) is 0 Å². The monoisotopic (exact) mass is 867 g/mol. The Balaban J connectivity index is 1.12. The van der Waals surface area contributed by atoms with E-state index in [4.69, 9.17) is 15.0 Å². The van der Waals surface area contributed by atoms with Crippen LogP contribution < -0.4 is 10.4 Å². The van der Waals surface area contributed by atoms with Crippen LogP contribution in [0, 0.1) is 11.8 Å². The van der Waals surface area contributed by atoms with Gasteiger partial charge in [0.15, 0.2) is 11.6 Å². The second kappa shape index (κ2) is 15.8. The lowest BCUT2D eigenvalue weighted by Gasteiger charge is -2.49. The maximum absolute atomic E-state index is 14.2. The molecule has 3 unspecified atom stereocenters. The highest BCUT2D eigenvalue weighted by Crippen LogP contribution is 2.66. The van der Waals surface area contributed by atoms with Gasteiger partial charge in [0.25, 0.3) is 0 Å². The Morgan fingerprint density at radius 1 is 0.567 bits per heavy atom. The smallest absolute Gasteiger partial charge is 0.164 e. The lowest BCUT2D eigenvalue weighted by molar-refractivity contribution is 0.439. The highest BCUT2D eigenvalue weighted by atomic mass is 19.1. The molecule has 4 aliphatic carbocycles. The molecule has 67 heavy (non-hydrogen) atoms. The van der Waals surface area contributed by atoms with Crippen molar-refractivity contribution in [2.24, 2.45) is 11.8 Å². The number of fused-ring (bicyclic) bond motifs is 10. The van der Waals surface area contributed by atoms with Crippen LogP contribution in [-0.2, 0) is 10.8 Å². The molecule has 0 radical (unpaired) electrons.